The summed E-state index contributed by atoms with van der Waals surface area (Å²) in [6.07, 6.45) is -4.34. The van der Waals surface area contributed by atoms with Crippen molar-refractivity contribution in [3.05, 3.63) is 35.1 Å². The van der Waals surface area contributed by atoms with E-state index in [2.05, 4.69) is 5.43 Å². The summed E-state index contributed by atoms with van der Waals surface area (Å²) in [5, 5.41) is 0. The molecule has 0 aliphatic carbocycles. The zero-order valence-corrected chi connectivity index (χ0v) is 7.74. The molecule has 0 unspecified atom stereocenters. The summed E-state index contributed by atoms with van der Waals surface area (Å²) in [5.41, 5.74) is 1.47. The first-order valence-electron chi connectivity index (χ1n) is 4.24. The number of benzene rings is 1. The number of nitrogens with one attached hydrogen (secondary N) is 1. The van der Waals surface area contributed by atoms with Crippen molar-refractivity contribution in [3.8, 4) is 0 Å². The summed E-state index contributed by atoms with van der Waals surface area (Å²) in [4.78, 5) is 0. The molecule has 0 spiro atoms. The van der Waals surface area contributed by atoms with Crippen molar-refractivity contribution in [3.63, 3.8) is 0 Å². The van der Waals surface area contributed by atoms with Crippen LogP contribution in [0.3, 0.4) is 0 Å². The molecule has 6 heteroatoms. The number of hydrogen-bond donors (Lipinski definition) is 2. The van der Waals surface area contributed by atoms with E-state index < -0.39 is 17.6 Å². The Kier molecular flexibility index (Phi) is 3.65. The molecule has 1 rings (SSSR count). The van der Waals surface area contributed by atoms with Crippen LogP contribution in [0.5, 0.6) is 0 Å². The lowest BCUT2D eigenvalue weighted by Crippen LogP contribution is -2.24. The van der Waals surface area contributed by atoms with Crippen LogP contribution in [-0.2, 0) is 12.6 Å². The topological polar surface area (TPSA) is 38.0 Å². The Morgan fingerprint density at radius 1 is 1.27 bits per heavy atom. The van der Waals surface area contributed by atoms with E-state index in [1.54, 1.807) is 0 Å². The van der Waals surface area contributed by atoms with Crippen molar-refractivity contribution >= 4 is 0 Å². The SMILES string of the molecule is NNCCc1ccc(F)c(C(F)(F)F)c1. The standard InChI is InChI=1S/C9H10F4N2/c10-8-2-1-6(3-4-15-14)5-7(8)9(11,12)13/h1-2,5,15H,3-4,14H2. The maximum atomic E-state index is 12.8. The molecule has 0 bridgehead atoms. The minimum atomic E-state index is -4.66. The lowest BCUT2D eigenvalue weighted by molar-refractivity contribution is -0.140. The van der Waals surface area contributed by atoms with Crippen molar-refractivity contribution in [2.24, 2.45) is 5.84 Å². The van der Waals surface area contributed by atoms with Crippen LogP contribution in [-0.4, -0.2) is 6.54 Å². The average Bonchev–Trinajstić information content (AvgIpc) is 2.15. The molecule has 0 radical (unpaired) electrons. The molecule has 1 aromatic rings. The molecule has 0 aromatic heterocycles. The van der Waals surface area contributed by atoms with E-state index in [0.717, 1.165) is 12.1 Å². The maximum Gasteiger partial charge on any atom is 0.419 e. The van der Waals surface area contributed by atoms with E-state index in [-0.39, 0.29) is 0 Å². The van der Waals surface area contributed by atoms with E-state index in [1.165, 1.54) is 6.07 Å². The highest BCUT2D eigenvalue weighted by Crippen LogP contribution is 2.31. The van der Waals surface area contributed by atoms with E-state index in [0.29, 0.717) is 18.5 Å². The number of hydrogen-bond acceptors (Lipinski definition) is 2. The molecule has 0 heterocycles. The van der Waals surface area contributed by atoms with Crippen LogP contribution < -0.4 is 11.3 Å². The Morgan fingerprint density at radius 2 is 1.93 bits per heavy atom. The van der Waals surface area contributed by atoms with E-state index in [9.17, 15) is 17.6 Å². The van der Waals surface area contributed by atoms with Crippen molar-refractivity contribution in [2.45, 2.75) is 12.6 Å². The molecular formula is C9H10F4N2. The number of halogens is 4. The molecular weight excluding hydrogens is 212 g/mol. The third kappa shape index (κ3) is 3.17. The van der Waals surface area contributed by atoms with E-state index in [1.807, 2.05) is 0 Å². The summed E-state index contributed by atoms with van der Waals surface area (Å²) < 4.78 is 49.6. The monoisotopic (exact) mass is 222 g/mol. The summed E-state index contributed by atoms with van der Waals surface area (Å²) in [7, 11) is 0. The van der Waals surface area contributed by atoms with Gasteiger partial charge in [0, 0.05) is 6.54 Å². The lowest BCUT2D eigenvalue weighted by Gasteiger charge is -2.09. The normalized spacial score (nSPS) is 11.8. The molecule has 0 saturated carbocycles. The second-order valence-electron chi connectivity index (χ2n) is 3.02. The summed E-state index contributed by atoms with van der Waals surface area (Å²) in [5.74, 6) is 3.73. The Hall–Kier alpha value is -1.14. The number of alkyl halides is 3. The van der Waals surface area contributed by atoms with Crippen molar-refractivity contribution in [1.29, 1.82) is 0 Å². The Bertz CT molecular complexity index is 335. The first-order chi connectivity index (χ1) is 6.95. The molecule has 0 fully saturated rings. The smallest absolute Gasteiger partial charge is 0.271 e. The van der Waals surface area contributed by atoms with Crippen molar-refractivity contribution in [1.82, 2.24) is 5.43 Å². The van der Waals surface area contributed by atoms with Crippen molar-refractivity contribution < 1.29 is 17.6 Å². The molecule has 0 saturated heterocycles. The quantitative estimate of drug-likeness (QED) is 0.465. The summed E-state index contributed by atoms with van der Waals surface area (Å²) in [6, 6.07) is 2.92. The fourth-order valence-electron chi connectivity index (χ4n) is 1.16. The first kappa shape index (κ1) is 11.9. The zero-order valence-electron chi connectivity index (χ0n) is 7.74. The second-order valence-corrected chi connectivity index (χ2v) is 3.02. The predicted octanol–water partition coefficient (Wildman–Crippen LogP) is 1.85. The van der Waals surface area contributed by atoms with Crippen LogP contribution >= 0.6 is 0 Å². The second kappa shape index (κ2) is 4.59. The Balaban J connectivity index is 2.95. The molecule has 2 nitrogen and oxygen atoms in total. The molecule has 0 aliphatic rings. The van der Waals surface area contributed by atoms with E-state index in [4.69, 9.17) is 5.84 Å². The van der Waals surface area contributed by atoms with Gasteiger partial charge < -0.3 is 0 Å². The highest BCUT2D eigenvalue weighted by Gasteiger charge is 2.34. The van der Waals surface area contributed by atoms with Crippen molar-refractivity contribution in [2.75, 3.05) is 6.54 Å². The third-order valence-electron chi connectivity index (χ3n) is 1.89. The molecule has 84 valence electrons. The van der Waals surface area contributed by atoms with Gasteiger partial charge in [0.15, 0.2) is 0 Å². The molecule has 0 amide bonds. The maximum absolute atomic E-state index is 12.8. The third-order valence-corrected chi connectivity index (χ3v) is 1.89. The van der Waals surface area contributed by atoms with Gasteiger partial charge in [-0.15, -0.1) is 0 Å². The minimum absolute atomic E-state index is 0.319. The van der Waals surface area contributed by atoms with Gasteiger partial charge in [0.25, 0.3) is 0 Å². The fraction of sp³-hybridized carbons (Fsp3) is 0.333. The number of rotatable bonds is 3. The van der Waals surface area contributed by atoms with Crippen LogP contribution in [0.25, 0.3) is 0 Å². The number of nitrogens with two attached hydrogens (primary N) is 1. The van der Waals surface area contributed by atoms with Crippen LogP contribution in [0, 0.1) is 5.82 Å². The summed E-state index contributed by atoms with van der Waals surface area (Å²) >= 11 is 0. The Labute approximate surface area is 84.0 Å². The van der Waals surface area contributed by atoms with Crippen LogP contribution in [0.1, 0.15) is 11.1 Å². The largest absolute Gasteiger partial charge is 0.419 e. The van der Waals surface area contributed by atoms with Gasteiger partial charge in [0.05, 0.1) is 5.56 Å². The molecule has 3 N–H and O–H groups in total. The first-order valence-corrected chi connectivity index (χ1v) is 4.24. The number of hydrazine groups is 1. The van der Waals surface area contributed by atoms with Gasteiger partial charge in [-0.1, -0.05) is 6.07 Å². The minimum Gasteiger partial charge on any atom is -0.271 e. The molecule has 0 aliphatic heterocycles. The zero-order chi connectivity index (χ0) is 11.5. The van der Waals surface area contributed by atoms with Gasteiger partial charge in [-0.05, 0) is 24.1 Å². The van der Waals surface area contributed by atoms with Crippen LogP contribution in [0.4, 0.5) is 17.6 Å². The highest BCUT2D eigenvalue weighted by molar-refractivity contribution is 5.27. The Morgan fingerprint density at radius 3 is 2.47 bits per heavy atom. The van der Waals surface area contributed by atoms with Gasteiger partial charge >= 0.3 is 6.18 Å². The molecule has 15 heavy (non-hydrogen) atoms. The van der Waals surface area contributed by atoms with Crippen LogP contribution in [0.2, 0.25) is 0 Å². The van der Waals surface area contributed by atoms with Gasteiger partial charge in [0.1, 0.15) is 5.82 Å². The van der Waals surface area contributed by atoms with Crippen LogP contribution in [0.15, 0.2) is 18.2 Å². The lowest BCUT2D eigenvalue weighted by atomic mass is 10.1. The van der Waals surface area contributed by atoms with Gasteiger partial charge in [-0.25, -0.2) is 4.39 Å². The summed E-state index contributed by atoms with van der Waals surface area (Å²) in [6.45, 7) is 0.336. The van der Waals surface area contributed by atoms with Gasteiger partial charge in [-0.2, -0.15) is 13.2 Å². The fourth-order valence-corrected chi connectivity index (χ4v) is 1.16. The van der Waals surface area contributed by atoms with E-state index >= 15 is 0 Å². The van der Waals surface area contributed by atoms with Gasteiger partial charge in [-0.3, -0.25) is 11.3 Å². The molecule has 1 aromatic carbocycles. The van der Waals surface area contributed by atoms with Gasteiger partial charge in [0.2, 0.25) is 0 Å². The predicted molar refractivity (Wildman–Crippen MR) is 47.3 cm³/mol. The highest BCUT2D eigenvalue weighted by atomic mass is 19.4. The average molecular weight is 222 g/mol. The molecule has 0 atom stereocenters.